The predicted molar refractivity (Wildman–Crippen MR) is 35.9 cm³/mol. The first-order valence-electron chi connectivity index (χ1n) is 3.31. The maximum Gasteiger partial charge on any atom is 0.397 e. The molecule has 13 heavy (non-hydrogen) atoms. The van der Waals surface area contributed by atoms with E-state index in [9.17, 15) is 22.8 Å². The van der Waals surface area contributed by atoms with Crippen LogP contribution in [0.25, 0.3) is 0 Å². The molecule has 0 aromatic heterocycles. The second-order valence-electron chi connectivity index (χ2n) is 2.42. The minimum absolute atomic E-state index is 1.08. The summed E-state index contributed by atoms with van der Waals surface area (Å²) in [6.07, 6.45) is -6.27. The maximum atomic E-state index is 11.5. The second kappa shape index (κ2) is 4.11. The lowest BCUT2D eigenvalue weighted by atomic mass is 10.3. The molecule has 0 heterocycles. The van der Waals surface area contributed by atoms with E-state index in [1.807, 2.05) is 0 Å². The molecule has 0 radical (unpaired) electrons. The third-order valence-corrected chi connectivity index (χ3v) is 1.11. The first-order valence-corrected chi connectivity index (χ1v) is 3.31. The zero-order valence-corrected chi connectivity index (χ0v) is 6.68. The Hall–Kier alpha value is -1.27. The lowest BCUT2D eigenvalue weighted by molar-refractivity contribution is -0.156. The van der Waals surface area contributed by atoms with Crippen molar-refractivity contribution in [2.45, 2.75) is 25.6 Å². The van der Waals surface area contributed by atoms with Gasteiger partial charge in [0.2, 0.25) is 5.91 Å². The Morgan fingerprint density at radius 2 is 1.92 bits per heavy atom. The van der Waals surface area contributed by atoms with Crippen LogP contribution in [0.4, 0.5) is 13.2 Å². The van der Waals surface area contributed by atoms with Crippen LogP contribution in [0.2, 0.25) is 0 Å². The van der Waals surface area contributed by atoms with E-state index in [1.165, 1.54) is 0 Å². The molecule has 0 saturated heterocycles. The fraction of sp³-hybridized carbons (Fsp3) is 0.667. The Bertz CT molecular complexity index is 214. The number of halogens is 3. The van der Waals surface area contributed by atoms with Crippen LogP contribution in [-0.2, 0) is 9.59 Å². The van der Waals surface area contributed by atoms with Crippen molar-refractivity contribution in [3.05, 3.63) is 0 Å². The summed E-state index contributed by atoms with van der Waals surface area (Å²) in [4.78, 5) is 20.6. The smallest absolute Gasteiger partial charge is 0.397 e. The summed E-state index contributed by atoms with van der Waals surface area (Å²) in [5.41, 5.74) is 0. The molecule has 4 nitrogen and oxygen atoms in total. The van der Waals surface area contributed by atoms with Crippen molar-refractivity contribution in [2.24, 2.45) is 0 Å². The molecule has 2 N–H and O–H groups in total. The largest absolute Gasteiger partial charge is 0.480 e. The zero-order chi connectivity index (χ0) is 10.6. The number of hydrogen-bond donors (Lipinski definition) is 2. The lowest BCUT2D eigenvalue weighted by Gasteiger charge is -2.10. The highest BCUT2D eigenvalue weighted by Gasteiger charge is 2.32. The van der Waals surface area contributed by atoms with E-state index in [1.54, 1.807) is 5.32 Å². The summed E-state index contributed by atoms with van der Waals surface area (Å²) < 4.78 is 34.6. The van der Waals surface area contributed by atoms with E-state index in [-0.39, 0.29) is 0 Å². The molecule has 1 atom stereocenters. The van der Waals surface area contributed by atoms with Crippen molar-refractivity contribution in [3.63, 3.8) is 0 Å². The number of carbonyl (C=O) groups is 2. The van der Waals surface area contributed by atoms with Gasteiger partial charge in [-0.05, 0) is 6.92 Å². The van der Waals surface area contributed by atoms with Gasteiger partial charge in [0.15, 0.2) is 0 Å². The van der Waals surface area contributed by atoms with Crippen LogP contribution in [0.15, 0.2) is 0 Å². The summed E-state index contributed by atoms with van der Waals surface area (Å²) >= 11 is 0. The van der Waals surface area contributed by atoms with E-state index in [4.69, 9.17) is 5.11 Å². The average molecular weight is 199 g/mol. The first kappa shape index (κ1) is 11.7. The molecule has 0 aliphatic carbocycles. The van der Waals surface area contributed by atoms with E-state index in [2.05, 4.69) is 0 Å². The number of carboxylic acid groups (broad SMARTS) is 1. The van der Waals surface area contributed by atoms with E-state index in [0.717, 1.165) is 6.92 Å². The van der Waals surface area contributed by atoms with E-state index >= 15 is 0 Å². The molecule has 0 fully saturated rings. The minimum Gasteiger partial charge on any atom is -0.480 e. The highest BCUT2D eigenvalue weighted by Crippen LogP contribution is 2.18. The third-order valence-electron chi connectivity index (χ3n) is 1.11. The number of amides is 1. The van der Waals surface area contributed by atoms with Crippen LogP contribution in [0.5, 0.6) is 0 Å². The summed E-state index contributed by atoms with van der Waals surface area (Å²) in [5.74, 6) is -2.72. The molecule has 0 aromatic carbocycles. The van der Waals surface area contributed by atoms with Gasteiger partial charge in [0.05, 0.1) is 0 Å². The Morgan fingerprint density at radius 1 is 1.46 bits per heavy atom. The summed E-state index contributed by atoms with van der Waals surface area (Å²) in [6, 6.07) is -1.31. The van der Waals surface area contributed by atoms with Crippen LogP contribution in [-0.4, -0.2) is 29.2 Å². The zero-order valence-electron chi connectivity index (χ0n) is 6.68. The molecule has 0 rings (SSSR count). The van der Waals surface area contributed by atoms with Gasteiger partial charge in [0, 0.05) is 0 Å². The average Bonchev–Trinajstić information content (AvgIpc) is 1.81. The molecule has 0 aliphatic heterocycles. The number of alkyl halides is 3. The highest BCUT2D eigenvalue weighted by atomic mass is 19.4. The monoisotopic (exact) mass is 199 g/mol. The summed E-state index contributed by atoms with van der Waals surface area (Å²) in [6.45, 7) is 1.08. The Kier molecular flexibility index (Phi) is 3.70. The minimum atomic E-state index is -4.61. The standard InChI is InChI=1S/C6H8F3NO3/c1-3(5(12)13)10-4(11)2-6(7,8)9/h3H,2H2,1H3,(H,10,11)(H,12,13)/t3-/m0/s1. The number of hydrogen-bond acceptors (Lipinski definition) is 2. The lowest BCUT2D eigenvalue weighted by Crippen LogP contribution is -2.40. The van der Waals surface area contributed by atoms with Crippen molar-refractivity contribution >= 4 is 11.9 Å². The second-order valence-corrected chi connectivity index (χ2v) is 2.42. The van der Waals surface area contributed by atoms with Crippen LogP contribution in [0, 0.1) is 0 Å². The van der Waals surface area contributed by atoms with Crippen LogP contribution < -0.4 is 5.32 Å². The molecule has 0 bridgehead atoms. The molecule has 0 aromatic rings. The van der Waals surface area contributed by atoms with Gasteiger partial charge < -0.3 is 10.4 Å². The fourth-order valence-corrected chi connectivity index (χ4v) is 0.536. The molecule has 0 aliphatic rings. The molecular weight excluding hydrogens is 191 g/mol. The molecule has 0 saturated carbocycles. The van der Waals surface area contributed by atoms with Gasteiger partial charge in [-0.2, -0.15) is 13.2 Å². The molecule has 76 valence electrons. The van der Waals surface area contributed by atoms with Gasteiger partial charge in [-0.25, -0.2) is 0 Å². The Labute approximate surface area is 71.7 Å². The van der Waals surface area contributed by atoms with Crippen molar-refractivity contribution in [2.75, 3.05) is 0 Å². The van der Waals surface area contributed by atoms with Gasteiger partial charge in [-0.3, -0.25) is 9.59 Å². The predicted octanol–water partition coefficient (Wildman–Crippen LogP) is 0.528. The van der Waals surface area contributed by atoms with Crippen molar-refractivity contribution < 1.29 is 27.9 Å². The number of nitrogens with one attached hydrogen (secondary N) is 1. The molecular formula is C6H8F3NO3. The summed E-state index contributed by atoms with van der Waals surface area (Å²) in [7, 11) is 0. The topological polar surface area (TPSA) is 66.4 Å². The summed E-state index contributed by atoms with van der Waals surface area (Å²) in [5, 5.41) is 9.91. The fourth-order valence-electron chi connectivity index (χ4n) is 0.536. The van der Waals surface area contributed by atoms with Gasteiger partial charge >= 0.3 is 12.1 Å². The quantitative estimate of drug-likeness (QED) is 0.696. The first-order chi connectivity index (χ1) is 5.72. The van der Waals surface area contributed by atoms with Crippen LogP contribution in [0.3, 0.4) is 0 Å². The van der Waals surface area contributed by atoms with E-state index in [0.29, 0.717) is 0 Å². The van der Waals surface area contributed by atoms with Crippen molar-refractivity contribution in [3.8, 4) is 0 Å². The normalized spacial score (nSPS) is 13.5. The molecule has 7 heteroatoms. The number of carboxylic acids is 1. The highest BCUT2D eigenvalue weighted by molar-refractivity contribution is 5.83. The van der Waals surface area contributed by atoms with Crippen LogP contribution >= 0.6 is 0 Å². The third kappa shape index (κ3) is 5.94. The SMILES string of the molecule is C[C@H](NC(=O)CC(F)(F)F)C(=O)O. The van der Waals surface area contributed by atoms with Gasteiger partial charge in [-0.1, -0.05) is 0 Å². The number of rotatable bonds is 3. The van der Waals surface area contributed by atoms with Gasteiger partial charge in [0.1, 0.15) is 12.5 Å². The Morgan fingerprint density at radius 3 is 2.23 bits per heavy atom. The van der Waals surface area contributed by atoms with Crippen LogP contribution in [0.1, 0.15) is 13.3 Å². The molecule has 1 amide bonds. The molecule has 0 spiro atoms. The number of aliphatic carboxylic acids is 1. The van der Waals surface area contributed by atoms with Crippen molar-refractivity contribution in [1.29, 1.82) is 0 Å². The number of carbonyl (C=O) groups excluding carboxylic acids is 1. The van der Waals surface area contributed by atoms with E-state index < -0.39 is 30.5 Å². The van der Waals surface area contributed by atoms with Gasteiger partial charge in [0.25, 0.3) is 0 Å². The molecule has 0 unspecified atom stereocenters. The van der Waals surface area contributed by atoms with Crippen molar-refractivity contribution in [1.82, 2.24) is 5.32 Å². The maximum absolute atomic E-state index is 11.5. The van der Waals surface area contributed by atoms with Gasteiger partial charge in [-0.15, -0.1) is 0 Å². The Balaban J connectivity index is 3.96.